The molecule has 0 spiro atoms. The molecule has 1 aliphatic rings. The summed E-state index contributed by atoms with van der Waals surface area (Å²) >= 11 is 3.52. The molecule has 0 bridgehead atoms. The molecule has 1 aromatic rings. The monoisotopic (exact) mass is 371 g/mol. The molecule has 2 nitrogen and oxygen atoms in total. The van der Waals surface area contributed by atoms with Gasteiger partial charge in [-0.25, -0.2) is 0 Å². The first-order valence-electron chi connectivity index (χ1n) is 8.08. The van der Waals surface area contributed by atoms with Crippen molar-refractivity contribution in [3.8, 4) is 0 Å². The first-order chi connectivity index (χ1) is 10.2. The van der Waals surface area contributed by atoms with Gasteiger partial charge in [0.1, 0.15) is 0 Å². The van der Waals surface area contributed by atoms with E-state index in [-0.39, 0.29) is 0 Å². The molecule has 2 atom stereocenters. The second-order valence-corrected chi connectivity index (χ2v) is 8.22. The maximum atomic E-state index is 12.7. The predicted molar refractivity (Wildman–Crippen MR) is 94.1 cm³/mol. The Balaban J connectivity index is 2.03. The second kappa shape index (κ2) is 9.06. The predicted octanol–water partition coefficient (Wildman–Crippen LogP) is 4.51. The van der Waals surface area contributed by atoms with Crippen molar-refractivity contribution in [2.24, 2.45) is 5.92 Å². The van der Waals surface area contributed by atoms with E-state index in [9.17, 15) is 4.21 Å². The van der Waals surface area contributed by atoms with Crippen molar-refractivity contribution in [2.75, 3.05) is 12.3 Å². The van der Waals surface area contributed by atoms with E-state index in [1.54, 1.807) is 0 Å². The van der Waals surface area contributed by atoms with Crippen molar-refractivity contribution >= 4 is 26.7 Å². The minimum Gasteiger partial charge on any atom is -0.313 e. The molecule has 4 heteroatoms. The zero-order valence-electron chi connectivity index (χ0n) is 12.8. The van der Waals surface area contributed by atoms with Crippen LogP contribution in [-0.4, -0.2) is 22.5 Å². The third kappa shape index (κ3) is 5.19. The Bertz CT molecular complexity index is 460. The lowest BCUT2D eigenvalue weighted by Gasteiger charge is -2.31. The summed E-state index contributed by atoms with van der Waals surface area (Å²) in [5.41, 5.74) is 0. The zero-order chi connectivity index (χ0) is 15.1. The van der Waals surface area contributed by atoms with Gasteiger partial charge in [0.05, 0.1) is 15.7 Å². The average Bonchev–Trinajstić information content (AvgIpc) is 2.52. The smallest absolute Gasteiger partial charge is 0.0556 e. The van der Waals surface area contributed by atoms with Crippen molar-refractivity contribution in [1.82, 2.24) is 5.32 Å². The molecular weight excluding hydrogens is 346 g/mol. The van der Waals surface area contributed by atoms with Gasteiger partial charge in [0, 0.05) is 16.3 Å². The van der Waals surface area contributed by atoms with Crippen LogP contribution in [0.25, 0.3) is 0 Å². The van der Waals surface area contributed by atoms with Crippen LogP contribution in [0.5, 0.6) is 0 Å². The van der Waals surface area contributed by atoms with E-state index in [2.05, 4.69) is 28.2 Å². The van der Waals surface area contributed by atoms with E-state index < -0.39 is 10.8 Å². The van der Waals surface area contributed by atoms with E-state index in [4.69, 9.17) is 0 Å². The first kappa shape index (κ1) is 17.2. The van der Waals surface area contributed by atoms with Gasteiger partial charge < -0.3 is 5.32 Å². The fraction of sp³-hybridized carbons (Fsp3) is 0.647. The molecular formula is C17H26BrNOS. The Hall–Kier alpha value is -0.190. The molecule has 0 aromatic heterocycles. The molecule has 0 heterocycles. The van der Waals surface area contributed by atoms with Gasteiger partial charge in [-0.3, -0.25) is 4.21 Å². The van der Waals surface area contributed by atoms with Gasteiger partial charge in [-0.2, -0.15) is 0 Å². The van der Waals surface area contributed by atoms with E-state index in [1.165, 1.54) is 32.1 Å². The summed E-state index contributed by atoms with van der Waals surface area (Å²) in [5, 5.41) is 3.65. The molecule has 0 amide bonds. The molecule has 0 radical (unpaired) electrons. The van der Waals surface area contributed by atoms with Crippen molar-refractivity contribution in [3.63, 3.8) is 0 Å². The van der Waals surface area contributed by atoms with Gasteiger partial charge in [-0.15, -0.1) is 0 Å². The van der Waals surface area contributed by atoms with Crippen LogP contribution < -0.4 is 5.32 Å². The molecule has 0 saturated heterocycles. The van der Waals surface area contributed by atoms with Crippen LogP contribution in [0.4, 0.5) is 0 Å². The molecule has 1 aliphatic carbocycles. The normalized spacial score (nSPS) is 19.3. The van der Waals surface area contributed by atoms with E-state index in [0.717, 1.165) is 28.1 Å². The molecule has 1 fully saturated rings. The van der Waals surface area contributed by atoms with Gasteiger partial charge >= 0.3 is 0 Å². The van der Waals surface area contributed by atoms with Gasteiger partial charge in [0.2, 0.25) is 0 Å². The van der Waals surface area contributed by atoms with Crippen molar-refractivity contribution in [3.05, 3.63) is 28.7 Å². The fourth-order valence-corrected chi connectivity index (χ4v) is 5.35. The second-order valence-electron chi connectivity index (χ2n) is 5.90. The van der Waals surface area contributed by atoms with E-state index in [0.29, 0.717) is 12.0 Å². The lowest BCUT2D eigenvalue weighted by molar-refractivity contribution is 0.284. The SMILES string of the molecule is CCCNC(CS(=O)c1ccccc1Br)C1CCCCC1. The fourth-order valence-electron chi connectivity index (χ4n) is 3.11. The summed E-state index contributed by atoms with van der Waals surface area (Å²) in [6.45, 7) is 3.21. The third-order valence-corrected chi connectivity index (χ3v) is 6.75. The quantitative estimate of drug-likeness (QED) is 0.763. The third-order valence-electron chi connectivity index (χ3n) is 4.29. The number of halogens is 1. The lowest BCUT2D eigenvalue weighted by atomic mass is 9.84. The van der Waals surface area contributed by atoms with Crippen LogP contribution in [0.15, 0.2) is 33.6 Å². The van der Waals surface area contributed by atoms with Crippen LogP contribution in [0.2, 0.25) is 0 Å². The van der Waals surface area contributed by atoms with Gasteiger partial charge in [0.25, 0.3) is 0 Å². The van der Waals surface area contributed by atoms with Crippen LogP contribution >= 0.6 is 15.9 Å². The number of rotatable bonds is 7. The van der Waals surface area contributed by atoms with Crippen LogP contribution in [0.3, 0.4) is 0 Å². The standard InChI is InChI=1S/C17H26BrNOS/c1-2-12-19-16(14-8-4-3-5-9-14)13-21(20)17-11-7-6-10-15(17)18/h6-7,10-11,14,16,19H,2-5,8-9,12-13H2,1H3. The largest absolute Gasteiger partial charge is 0.313 e. The van der Waals surface area contributed by atoms with Crippen molar-refractivity contribution in [1.29, 1.82) is 0 Å². The Morgan fingerprint density at radius 3 is 2.67 bits per heavy atom. The Kier molecular flexibility index (Phi) is 7.41. The molecule has 1 saturated carbocycles. The summed E-state index contributed by atoms with van der Waals surface area (Å²) in [7, 11) is -0.940. The Labute approximate surface area is 139 Å². The van der Waals surface area contributed by atoms with Gasteiger partial charge in [-0.1, -0.05) is 38.3 Å². The number of hydrogen-bond acceptors (Lipinski definition) is 2. The topological polar surface area (TPSA) is 29.1 Å². The highest BCUT2D eigenvalue weighted by atomic mass is 79.9. The summed E-state index contributed by atoms with van der Waals surface area (Å²) in [5.74, 6) is 1.42. The maximum Gasteiger partial charge on any atom is 0.0556 e. The van der Waals surface area contributed by atoms with Crippen molar-refractivity contribution in [2.45, 2.75) is 56.4 Å². The molecule has 2 unspecified atom stereocenters. The first-order valence-corrected chi connectivity index (χ1v) is 10.2. The van der Waals surface area contributed by atoms with Crippen LogP contribution in [-0.2, 0) is 10.8 Å². The lowest BCUT2D eigenvalue weighted by Crippen LogP contribution is -2.41. The Morgan fingerprint density at radius 1 is 1.29 bits per heavy atom. The summed E-state index contributed by atoms with van der Waals surface area (Å²) in [4.78, 5) is 0.927. The van der Waals surface area contributed by atoms with Gasteiger partial charge in [-0.05, 0) is 59.8 Å². The summed E-state index contributed by atoms with van der Waals surface area (Å²) in [6, 6.07) is 8.27. The minimum absolute atomic E-state index is 0.387. The summed E-state index contributed by atoms with van der Waals surface area (Å²) < 4.78 is 13.7. The van der Waals surface area contributed by atoms with E-state index in [1.807, 2.05) is 24.3 Å². The van der Waals surface area contributed by atoms with Gasteiger partial charge in [0.15, 0.2) is 0 Å². The highest BCUT2D eigenvalue weighted by Gasteiger charge is 2.25. The molecule has 0 aliphatic heterocycles. The number of hydrogen-bond donors (Lipinski definition) is 1. The molecule has 2 rings (SSSR count). The maximum absolute atomic E-state index is 12.7. The molecule has 1 aromatic carbocycles. The molecule has 118 valence electrons. The minimum atomic E-state index is -0.940. The Morgan fingerprint density at radius 2 is 2.00 bits per heavy atom. The highest BCUT2D eigenvalue weighted by molar-refractivity contribution is 9.10. The van der Waals surface area contributed by atoms with Crippen LogP contribution in [0.1, 0.15) is 45.4 Å². The molecule has 21 heavy (non-hydrogen) atoms. The van der Waals surface area contributed by atoms with E-state index >= 15 is 0 Å². The van der Waals surface area contributed by atoms with Crippen LogP contribution in [0, 0.1) is 5.92 Å². The van der Waals surface area contributed by atoms with Crippen molar-refractivity contribution < 1.29 is 4.21 Å². The summed E-state index contributed by atoms with van der Waals surface area (Å²) in [6.07, 6.45) is 7.73. The average molecular weight is 372 g/mol. The number of benzene rings is 1. The zero-order valence-corrected chi connectivity index (χ0v) is 15.2. The highest BCUT2D eigenvalue weighted by Crippen LogP contribution is 2.28. The molecule has 1 N–H and O–H groups in total. The number of nitrogens with one attached hydrogen (secondary N) is 1.